The summed E-state index contributed by atoms with van der Waals surface area (Å²) in [7, 11) is 0. The Morgan fingerprint density at radius 1 is 0.915 bits per heavy atom. The first-order chi connectivity index (χ1) is 27.9. The fourth-order valence-electron chi connectivity index (χ4n) is 11.1. The Labute approximate surface area is 348 Å². The highest BCUT2D eigenvalue weighted by molar-refractivity contribution is 7.99. The van der Waals surface area contributed by atoms with Crippen LogP contribution >= 0.6 is 11.8 Å². The number of alkyl halides is 1. The molecule has 59 heavy (non-hydrogen) atoms. The van der Waals surface area contributed by atoms with Gasteiger partial charge in [0.15, 0.2) is 29.6 Å². The third kappa shape index (κ3) is 8.22. The lowest BCUT2D eigenvalue weighted by Crippen LogP contribution is -2.70. The number of ketones is 1. The Hall–Kier alpha value is -1.62. The number of amides is 1. The summed E-state index contributed by atoms with van der Waals surface area (Å²) in [6.45, 7) is 4.56. The smallest absolute Gasteiger partial charge is 0.252 e. The molecule has 0 spiro atoms. The maximum absolute atomic E-state index is 17.4. The molecule has 6 aliphatic rings. The third-order valence-electron chi connectivity index (χ3n) is 14.5. The van der Waals surface area contributed by atoms with Crippen molar-refractivity contribution in [3.05, 3.63) is 23.8 Å². The van der Waals surface area contributed by atoms with E-state index in [1.807, 2.05) is 13.8 Å². The minimum Gasteiger partial charge on any atom is -0.394 e. The summed E-state index contributed by atoms with van der Waals surface area (Å²) in [5, 5.41) is 97.8. The molecule has 0 aromatic carbocycles. The van der Waals surface area contributed by atoms with Gasteiger partial charge in [-0.2, -0.15) is 11.8 Å². The molecule has 6 rings (SSSR count). The normalized spacial score (nSPS) is 46.9. The summed E-state index contributed by atoms with van der Waals surface area (Å²) in [5.74, 6) is -0.633. The number of carbonyl (C=O) groups is 2. The molecule has 0 radical (unpaired) electrons. The lowest BCUT2D eigenvalue weighted by Gasteiger charge is -2.62. The molecule has 0 aromatic rings. The number of hydrogen-bond donors (Lipinski definition) is 10. The summed E-state index contributed by atoms with van der Waals surface area (Å²) in [4.78, 5) is 25.9. The second-order valence-corrected chi connectivity index (χ2v) is 19.1. The van der Waals surface area contributed by atoms with Gasteiger partial charge in [-0.3, -0.25) is 9.59 Å². The number of rotatable bonds is 16. The second kappa shape index (κ2) is 18.6. The first kappa shape index (κ1) is 46.9. The number of carbonyl (C=O) groups excluding carboxylic acids is 2. The molecular weight excluding hydrogens is 798 g/mol. The monoisotopic (exact) mass is 861 g/mol. The zero-order valence-corrected chi connectivity index (χ0v) is 34.8. The van der Waals surface area contributed by atoms with Gasteiger partial charge in [-0.05, 0) is 75.2 Å². The molecule has 0 bridgehead atoms. The molecule has 2 saturated heterocycles. The summed E-state index contributed by atoms with van der Waals surface area (Å²) >= 11 is 1.66. The Kier molecular flexibility index (Phi) is 14.8. The van der Waals surface area contributed by atoms with Gasteiger partial charge in [0.2, 0.25) is 0 Å². The van der Waals surface area contributed by atoms with E-state index in [0.29, 0.717) is 43.6 Å². The minimum atomic E-state index is -2.03. The molecule has 10 N–H and O–H groups in total. The minimum absolute atomic E-state index is 0.0767. The van der Waals surface area contributed by atoms with Crippen LogP contribution in [-0.2, 0) is 28.5 Å². The highest BCUT2D eigenvalue weighted by Crippen LogP contribution is 2.70. The molecule has 18 atom stereocenters. The zero-order valence-electron chi connectivity index (χ0n) is 34.0. The van der Waals surface area contributed by atoms with Crippen molar-refractivity contribution < 1.29 is 78.9 Å². The molecule has 4 aliphatic carbocycles. The highest BCUT2D eigenvalue weighted by Gasteiger charge is 2.75. The highest BCUT2D eigenvalue weighted by atomic mass is 32.2. The van der Waals surface area contributed by atoms with Crippen LogP contribution in [-0.4, -0.2) is 174 Å². The second-order valence-electron chi connectivity index (χ2n) is 17.8. The van der Waals surface area contributed by atoms with Gasteiger partial charge < -0.3 is 70.2 Å². The third-order valence-corrected chi connectivity index (χ3v) is 15.6. The van der Waals surface area contributed by atoms with E-state index in [9.17, 15) is 55.5 Å². The number of unbranched alkanes of at least 4 members (excludes halogenated alkanes) is 3. The van der Waals surface area contributed by atoms with E-state index >= 15 is 4.39 Å². The predicted molar refractivity (Wildman–Crippen MR) is 209 cm³/mol. The van der Waals surface area contributed by atoms with Crippen molar-refractivity contribution in [2.45, 2.75) is 151 Å². The number of hydrogen-bond acceptors (Lipinski definition) is 16. The Balaban J connectivity index is 0.884. The molecule has 18 heteroatoms. The average Bonchev–Trinajstić information content (AvgIpc) is 3.41. The fraction of sp³-hybridized carbons (Fsp3) is 0.854. The van der Waals surface area contributed by atoms with Gasteiger partial charge in [-0.15, -0.1) is 0 Å². The van der Waals surface area contributed by atoms with Crippen LogP contribution in [0.4, 0.5) is 4.39 Å². The van der Waals surface area contributed by atoms with Crippen LogP contribution in [0, 0.1) is 28.6 Å². The first-order valence-electron chi connectivity index (χ1n) is 21.0. The van der Waals surface area contributed by atoms with Crippen LogP contribution in [0.1, 0.15) is 72.1 Å². The number of ether oxygens (including phenoxy) is 4. The molecular formula is C41H64FNO15S. The van der Waals surface area contributed by atoms with Gasteiger partial charge in [-0.25, -0.2) is 4.39 Å². The molecule has 0 aromatic heterocycles. The Morgan fingerprint density at radius 2 is 1.59 bits per heavy atom. The van der Waals surface area contributed by atoms with Gasteiger partial charge >= 0.3 is 0 Å². The van der Waals surface area contributed by atoms with Crippen LogP contribution in [0.15, 0.2) is 23.8 Å². The first-order valence-corrected chi connectivity index (χ1v) is 22.2. The van der Waals surface area contributed by atoms with Crippen molar-refractivity contribution >= 4 is 23.5 Å². The number of allylic oxidation sites excluding steroid dienone is 4. The van der Waals surface area contributed by atoms with E-state index in [2.05, 4.69) is 5.32 Å². The van der Waals surface area contributed by atoms with Crippen molar-refractivity contribution in [2.75, 3.05) is 37.9 Å². The molecule has 0 unspecified atom stereocenters. The van der Waals surface area contributed by atoms with Crippen molar-refractivity contribution in [3.8, 4) is 0 Å². The van der Waals surface area contributed by atoms with Crippen molar-refractivity contribution in [1.82, 2.24) is 5.32 Å². The molecule has 2 aliphatic heterocycles. The number of halogens is 1. The van der Waals surface area contributed by atoms with Crippen LogP contribution in [0.2, 0.25) is 0 Å². The molecule has 2 heterocycles. The number of aliphatic hydroxyl groups excluding tert-OH is 8. The SMILES string of the molecule is C[C@@H]1C[C@H]2[C@@H]3CCC4=CC(=O)C=C[C@]4(C)[C@@]3(F)[C@@H](O)C[C@]2(C)[C@@]1(O)C(=O)NCCSCCCCCCO[C@@H]1O[C@H](CO)[C@@H](O[C@@H]2O[C@H](CO)[C@@H](O)[C@H](O)[C@H]2O)[C@H](O)[C@H]1O. The van der Waals surface area contributed by atoms with E-state index < -0.39 is 121 Å². The van der Waals surface area contributed by atoms with E-state index in [-0.39, 0.29) is 24.7 Å². The van der Waals surface area contributed by atoms with Crippen LogP contribution < -0.4 is 5.32 Å². The number of fused-ring (bicyclic) bond motifs is 5. The molecule has 5 fully saturated rings. The summed E-state index contributed by atoms with van der Waals surface area (Å²) in [5.41, 5.74) is -5.33. The fourth-order valence-corrected chi connectivity index (χ4v) is 11.9. The maximum Gasteiger partial charge on any atom is 0.252 e. The van der Waals surface area contributed by atoms with Crippen molar-refractivity contribution in [2.24, 2.45) is 28.6 Å². The number of nitrogens with one attached hydrogen (secondary N) is 1. The maximum atomic E-state index is 17.4. The van der Waals surface area contributed by atoms with Crippen LogP contribution in [0.3, 0.4) is 0 Å². The van der Waals surface area contributed by atoms with Crippen LogP contribution in [0.5, 0.6) is 0 Å². The Morgan fingerprint density at radius 3 is 2.31 bits per heavy atom. The molecule has 1 amide bonds. The lowest BCUT2D eigenvalue weighted by molar-refractivity contribution is -0.359. The lowest BCUT2D eigenvalue weighted by atomic mass is 9.44. The summed E-state index contributed by atoms with van der Waals surface area (Å²) in [6, 6.07) is 0. The van der Waals surface area contributed by atoms with Gasteiger partial charge in [-0.1, -0.05) is 38.3 Å². The topological polar surface area (TPSA) is 265 Å². The van der Waals surface area contributed by atoms with Gasteiger partial charge in [0.05, 0.1) is 19.3 Å². The van der Waals surface area contributed by atoms with Gasteiger partial charge in [0.1, 0.15) is 48.8 Å². The van der Waals surface area contributed by atoms with Crippen molar-refractivity contribution in [3.63, 3.8) is 0 Å². The van der Waals surface area contributed by atoms with Crippen molar-refractivity contribution in [1.29, 1.82) is 0 Å². The van der Waals surface area contributed by atoms with Gasteiger partial charge in [0, 0.05) is 35.7 Å². The van der Waals surface area contributed by atoms with E-state index in [1.165, 1.54) is 12.2 Å². The predicted octanol–water partition coefficient (Wildman–Crippen LogP) is -0.615. The summed E-state index contributed by atoms with van der Waals surface area (Å²) in [6.07, 6.45) is -7.60. The molecule has 16 nitrogen and oxygen atoms in total. The van der Waals surface area contributed by atoms with Gasteiger partial charge in [0.25, 0.3) is 5.91 Å². The molecule has 3 saturated carbocycles. The van der Waals surface area contributed by atoms with E-state index in [4.69, 9.17) is 18.9 Å². The Bertz CT molecular complexity index is 1560. The van der Waals surface area contributed by atoms with Crippen LogP contribution in [0.25, 0.3) is 0 Å². The van der Waals surface area contributed by atoms with E-state index in [1.54, 1.807) is 24.8 Å². The number of thioether (sulfide) groups is 1. The largest absolute Gasteiger partial charge is 0.394 e. The quantitative estimate of drug-likeness (QED) is 0.0868. The van der Waals surface area contributed by atoms with E-state index in [0.717, 1.165) is 25.0 Å². The molecule has 336 valence electrons. The number of aliphatic hydroxyl groups is 9. The standard InChI is InChI=1S/C41H64FNO15S/c1-21-16-25-24-9-8-22-17-23(46)10-11-38(22,2)40(24,42)28(47)18-39(25,3)41(21,54)37(53)43-12-15-59-14-7-5-4-6-13-55-35-33(52)31(50)34(27(20-45)57-35)58-36-32(51)30(49)29(48)26(19-44)56-36/h10-11,17,21,24-36,44-45,47-52,54H,4-9,12-16,18-20H2,1-3H3,(H,43,53)/t21-,24+,25+,26-,27-,28+,29-,30+,31-,32-,33-,34-,35-,36+,38+,39+,40+,41+/m1/s1. The summed E-state index contributed by atoms with van der Waals surface area (Å²) < 4.78 is 39.6. The zero-order chi connectivity index (χ0) is 43.1. The average molecular weight is 862 g/mol.